The summed E-state index contributed by atoms with van der Waals surface area (Å²) in [5, 5.41) is 3.48. The van der Waals surface area contributed by atoms with Gasteiger partial charge in [-0.25, -0.2) is 0 Å². The van der Waals surface area contributed by atoms with Crippen LogP contribution in [0.5, 0.6) is 0 Å². The molecule has 2 aliphatic heterocycles. The lowest BCUT2D eigenvalue weighted by molar-refractivity contribution is 0.611. The van der Waals surface area contributed by atoms with Crippen molar-refractivity contribution in [3.8, 4) is 0 Å². The molecule has 0 aliphatic carbocycles. The van der Waals surface area contributed by atoms with E-state index in [1.165, 1.54) is 40.0 Å². The highest BCUT2D eigenvalue weighted by Crippen LogP contribution is 2.42. The number of piperidine rings is 1. The molecule has 0 spiro atoms. The zero-order valence-electron chi connectivity index (χ0n) is 12.5. The minimum Gasteiger partial charge on any atom is -0.316 e. The van der Waals surface area contributed by atoms with E-state index in [0.29, 0.717) is 0 Å². The lowest BCUT2D eigenvalue weighted by atomic mass is 9.87. The number of rotatable bonds is 0. The second kappa shape index (κ2) is 6.91. The van der Waals surface area contributed by atoms with Gasteiger partial charge in [-0.15, -0.1) is 24.2 Å². The number of nitrogens with one attached hydrogen (secondary N) is 1. The van der Waals surface area contributed by atoms with Gasteiger partial charge < -0.3 is 5.32 Å². The molecule has 0 aromatic heterocycles. The molecule has 1 saturated heterocycles. The van der Waals surface area contributed by atoms with Crippen LogP contribution in [0.15, 0.2) is 59.0 Å². The van der Waals surface area contributed by atoms with Gasteiger partial charge in [0, 0.05) is 10.6 Å². The fraction of sp³-hybridized carbons (Fsp3) is 0.263. The van der Waals surface area contributed by atoms with Crippen LogP contribution < -0.4 is 5.32 Å². The van der Waals surface area contributed by atoms with Crippen molar-refractivity contribution < 1.29 is 0 Å². The van der Waals surface area contributed by atoms with E-state index in [9.17, 15) is 0 Å². The van der Waals surface area contributed by atoms with Gasteiger partial charge in [0.2, 0.25) is 0 Å². The van der Waals surface area contributed by atoms with Crippen molar-refractivity contribution in [2.75, 3.05) is 13.1 Å². The summed E-state index contributed by atoms with van der Waals surface area (Å²) in [6, 6.07) is 17.8. The van der Waals surface area contributed by atoms with Crippen molar-refractivity contribution in [3.63, 3.8) is 0 Å². The minimum absolute atomic E-state index is 0. The van der Waals surface area contributed by atoms with E-state index in [-0.39, 0.29) is 12.4 Å². The first-order chi connectivity index (χ1) is 10.4. The molecule has 0 saturated carbocycles. The Hall–Kier alpha value is -1.22. The molecule has 114 valence electrons. The van der Waals surface area contributed by atoms with Gasteiger partial charge in [0.15, 0.2) is 0 Å². The Morgan fingerprint density at radius 1 is 0.818 bits per heavy atom. The summed E-state index contributed by atoms with van der Waals surface area (Å²) in [6.07, 6.45) is 2.34. The van der Waals surface area contributed by atoms with Crippen LogP contribution in [0.2, 0.25) is 0 Å². The summed E-state index contributed by atoms with van der Waals surface area (Å²) in [4.78, 5) is 1.43. The number of hydrogen-bond acceptors (Lipinski definition) is 2. The zero-order valence-corrected chi connectivity index (χ0v) is 14.1. The van der Waals surface area contributed by atoms with Gasteiger partial charge in [0.25, 0.3) is 0 Å². The second-order valence-electron chi connectivity index (χ2n) is 5.67. The van der Waals surface area contributed by atoms with E-state index in [0.717, 1.165) is 18.8 Å². The first kappa shape index (κ1) is 15.7. The van der Waals surface area contributed by atoms with Gasteiger partial charge in [0.05, 0.1) is 0 Å². The molecule has 3 heteroatoms. The van der Waals surface area contributed by atoms with Crippen LogP contribution >= 0.6 is 24.2 Å². The predicted molar refractivity (Wildman–Crippen MR) is 97.8 cm³/mol. The lowest BCUT2D eigenvalue weighted by Crippen LogP contribution is -2.24. The van der Waals surface area contributed by atoms with Gasteiger partial charge in [-0.05, 0) is 54.3 Å². The van der Waals surface area contributed by atoms with Crippen molar-refractivity contribution in [2.45, 2.75) is 23.5 Å². The van der Waals surface area contributed by atoms with E-state index < -0.39 is 0 Å². The van der Waals surface area contributed by atoms with Crippen molar-refractivity contribution in [1.29, 1.82) is 0 Å². The highest BCUT2D eigenvalue weighted by Gasteiger charge is 2.21. The van der Waals surface area contributed by atoms with E-state index >= 15 is 0 Å². The Morgan fingerprint density at radius 2 is 1.50 bits per heavy atom. The maximum absolute atomic E-state index is 3.48. The summed E-state index contributed by atoms with van der Waals surface area (Å²) >= 11 is 1.97. The Labute approximate surface area is 142 Å². The molecule has 1 N–H and O–H groups in total. The smallest absolute Gasteiger partial charge is 0.0238 e. The Balaban J connectivity index is 0.00000144. The molecule has 2 aromatic carbocycles. The molecule has 2 aromatic rings. The van der Waals surface area contributed by atoms with Crippen LogP contribution in [-0.2, 0) is 5.75 Å². The van der Waals surface area contributed by atoms with Gasteiger partial charge in [0.1, 0.15) is 0 Å². The Kier molecular flexibility index (Phi) is 4.92. The Bertz CT molecular complexity index is 651. The van der Waals surface area contributed by atoms with Gasteiger partial charge in [-0.1, -0.05) is 48.0 Å². The summed E-state index contributed by atoms with van der Waals surface area (Å²) in [5.74, 6) is 1.07. The first-order valence-corrected chi connectivity index (χ1v) is 8.65. The van der Waals surface area contributed by atoms with Gasteiger partial charge in [-0.2, -0.15) is 0 Å². The van der Waals surface area contributed by atoms with Crippen LogP contribution in [-0.4, -0.2) is 13.1 Å². The summed E-state index contributed by atoms with van der Waals surface area (Å²) in [6.45, 7) is 2.21. The predicted octanol–water partition coefficient (Wildman–Crippen LogP) is 4.90. The molecule has 0 bridgehead atoms. The Morgan fingerprint density at radius 3 is 2.32 bits per heavy atom. The van der Waals surface area contributed by atoms with Crippen molar-refractivity contribution >= 4 is 29.7 Å². The fourth-order valence-corrected chi connectivity index (χ4v) is 4.41. The topological polar surface area (TPSA) is 12.0 Å². The molecule has 0 radical (unpaired) electrons. The van der Waals surface area contributed by atoms with E-state index in [2.05, 4.69) is 53.8 Å². The highest BCUT2D eigenvalue weighted by atomic mass is 35.5. The van der Waals surface area contributed by atoms with Crippen molar-refractivity contribution in [1.82, 2.24) is 5.32 Å². The molecule has 0 atom stereocenters. The molecular formula is C19H20ClNS. The SMILES string of the molecule is Cl.c1ccc2c(c1)CSc1ccccc1C2=C1CCNCC1. The molecule has 0 amide bonds. The fourth-order valence-electron chi connectivity index (χ4n) is 3.35. The van der Waals surface area contributed by atoms with Crippen LogP contribution in [0.3, 0.4) is 0 Å². The third-order valence-corrected chi connectivity index (χ3v) is 5.51. The number of fused-ring (bicyclic) bond motifs is 2. The van der Waals surface area contributed by atoms with Gasteiger partial charge in [-0.3, -0.25) is 0 Å². The largest absolute Gasteiger partial charge is 0.316 e. The minimum atomic E-state index is 0. The molecule has 1 nitrogen and oxygen atoms in total. The van der Waals surface area contributed by atoms with Crippen LogP contribution in [0.1, 0.15) is 29.5 Å². The summed E-state index contributed by atoms with van der Waals surface area (Å²) in [7, 11) is 0. The average molecular weight is 330 g/mol. The molecule has 22 heavy (non-hydrogen) atoms. The molecule has 2 heterocycles. The number of hydrogen-bond donors (Lipinski definition) is 1. The molecule has 1 fully saturated rings. The van der Waals surface area contributed by atoms with Crippen LogP contribution in [0, 0.1) is 0 Å². The number of halogens is 1. The first-order valence-electron chi connectivity index (χ1n) is 7.67. The maximum atomic E-state index is 3.48. The van der Waals surface area contributed by atoms with E-state index in [4.69, 9.17) is 0 Å². The average Bonchev–Trinajstić information content (AvgIpc) is 2.72. The van der Waals surface area contributed by atoms with Crippen LogP contribution in [0.4, 0.5) is 0 Å². The molecular weight excluding hydrogens is 310 g/mol. The normalized spacial score (nSPS) is 17.1. The van der Waals surface area contributed by atoms with Crippen molar-refractivity contribution in [2.24, 2.45) is 0 Å². The molecule has 0 unspecified atom stereocenters. The monoisotopic (exact) mass is 329 g/mol. The molecule has 2 aliphatic rings. The standard InChI is InChI=1S/C19H19NS.ClH/c1-2-6-16-15(5-1)13-21-18-8-4-3-7-17(18)19(16)14-9-11-20-12-10-14;/h1-8,20H,9-13H2;1H. The lowest BCUT2D eigenvalue weighted by Gasteiger charge is -2.22. The summed E-state index contributed by atoms with van der Waals surface area (Å²) < 4.78 is 0. The summed E-state index contributed by atoms with van der Waals surface area (Å²) in [5.41, 5.74) is 7.49. The number of benzene rings is 2. The second-order valence-corrected chi connectivity index (χ2v) is 6.69. The van der Waals surface area contributed by atoms with Crippen LogP contribution in [0.25, 0.3) is 5.57 Å². The zero-order chi connectivity index (χ0) is 14.1. The van der Waals surface area contributed by atoms with E-state index in [1.807, 2.05) is 11.8 Å². The quantitative estimate of drug-likeness (QED) is 0.737. The highest BCUT2D eigenvalue weighted by molar-refractivity contribution is 7.98. The molecule has 4 rings (SSSR count). The van der Waals surface area contributed by atoms with Crippen molar-refractivity contribution in [3.05, 3.63) is 70.8 Å². The third kappa shape index (κ3) is 2.83. The third-order valence-electron chi connectivity index (χ3n) is 4.39. The van der Waals surface area contributed by atoms with E-state index in [1.54, 1.807) is 5.57 Å². The van der Waals surface area contributed by atoms with Gasteiger partial charge >= 0.3 is 0 Å². The maximum Gasteiger partial charge on any atom is 0.0238 e. The number of thioether (sulfide) groups is 1.